The van der Waals surface area contributed by atoms with Crippen LogP contribution in [0.1, 0.15) is 33.1 Å². The van der Waals surface area contributed by atoms with E-state index in [9.17, 15) is 18.1 Å². The van der Waals surface area contributed by atoms with Gasteiger partial charge < -0.3 is 9.66 Å². The molecule has 0 saturated heterocycles. The third-order valence-corrected chi connectivity index (χ3v) is 3.18. The summed E-state index contributed by atoms with van der Waals surface area (Å²) in [7, 11) is -4.34. The number of aliphatic hydroxyl groups excluding tert-OH is 1. The van der Waals surface area contributed by atoms with Gasteiger partial charge >= 0.3 is 0 Å². The molecule has 4 nitrogen and oxygen atoms in total. The van der Waals surface area contributed by atoms with Gasteiger partial charge in [-0.1, -0.05) is 20.3 Å². The van der Waals surface area contributed by atoms with Crippen LogP contribution in [-0.4, -0.2) is 29.4 Å². The predicted octanol–water partition coefficient (Wildman–Crippen LogP) is 0.471. The molecule has 0 radical (unpaired) electrons. The second-order valence-electron chi connectivity index (χ2n) is 2.80. The largest absolute Gasteiger partial charge is 0.748 e. The van der Waals surface area contributed by atoms with Gasteiger partial charge in [-0.05, 0) is 12.8 Å². The molecule has 0 aromatic rings. The summed E-state index contributed by atoms with van der Waals surface area (Å²) in [6.45, 7) is 3.41. The van der Waals surface area contributed by atoms with Crippen LogP contribution in [0.2, 0.25) is 0 Å². The van der Waals surface area contributed by atoms with Crippen LogP contribution in [0.4, 0.5) is 0 Å². The van der Waals surface area contributed by atoms with Gasteiger partial charge in [-0.15, -0.1) is 0 Å². The van der Waals surface area contributed by atoms with Gasteiger partial charge in [0.05, 0.1) is 11.4 Å². The Morgan fingerprint density at radius 1 is 1.42 bits per heavy atom. The summed E-state index contributed by atoms with van der Waals surface area (Å²) in [4.78, 5) is 0. The van der Waals surface area contributed by atoms with Crippen LogP contribution in [0.25, 0.3) is 0 Å². The maximum Gasteiger partial charge on any atom is 0.100 e. The molecule has 0 bridgehead atoms. The van der Waals surface area contributed by atoms with Crippen LogP contribution in [0.5, 0.6) is 0 Å². The first kappa shape index (κ1) is 11.9. The van der Waals surface area contributed by atoms with Gasteiger partial charge in [0.2, 0.25) is 0 Å². The fourth-order valence-corrected chi connectivity index (χ4v) is 2.08. The number of aliphatic hydroxyl groups is 1. The highest BCUT2D eigenvalue weighted by Gasteiger charge is 2.22. The van der Waals surface area contributed by atoms with Crippen LogP contribution in [0, 0.1) is 0 Å². The van der Waals surface area contributed by atoms with E-state index in [4.69, 9.17) is 0 Å². The van der Waals surface area contributed by atoms with Crippen LogP contribution in [0.3, 0.4) is 0 Å². The fourth-order valence-electron chi connectivity index (χ4n) is 1.15. The Morgan fingerprint density at radius 3 is 2.17 bits per heavy atom. The molecule has 0 fully saturated rings. The lowest BCUT2D eigenvalue weighted by Gasteiger charge is -2.23. The summed E-state index contributed by atoms with van der Waals surface area (Å²) in [5.74, 6) is 0. The van der Waals surface area contributed by atoms with Crippen LogP contribution < -0.4 is 0 Å². The molecule has 0 aromatic carbocycles. The maximum absolute atomic E-state index is 10.6. The molecule has 0 spiro atoms. The molecule has 0 aliphatic rings. The number of hydrogen-bond acceptors (Lipinski definition) is 4. The third kappa shape index (κ3) is 3.51. The molecule has 2 unspecified atom stereocenters. The van der Waals surface area contributed by atoms with E-state index in [1.165, 1.54) is 0 Å². The topological polar surface area (TPSA) is 77.4 Å². The van der Waals surface area contributed by atoms with E-state index in [1.807, 2.05) is 6.92 Å². The normalized spacial score (nSPS) is 17.3. The zero-order chi connectivity index (χ0) is 9.78. The standard InChI is InChI=1S/C7H16O4S/c1-3-5-6(8)7(4-2)12(9,10)11/h6-8H,3-5H2,1-2H3,(H,9,10,11)/p-1. The lowest BCUT2D eigenvalue weighted by Crippen LogP contribution is -2.33. The van der Waals surface area contributed by atoms with Crippen molar-refractivity contribution in [2.45, 2.75) is 44.5 Å². The summed E-state index contributed by atoms with van der Waals surface area (Å²) in [6.07, 6.45) is 0.197. The van der Waals surface area contributed by atoms with Crippen LogP contribution >= 0.6 is 0 Å². The SMILES string of the molecule is CCCC(O)C(CC)S(=O)(=O)[O-]. The van der Waals surface area contributed by atoms with Gasteiger partial charge in [0.25, 0.3) is 0 Å². The Morgan fingerprint density at radius 2 is 1.92 bits per heavy atom. The van der Waals surface area contributed by atoms with Gasteiger partial charge in [0.15, 0.2) is 0 Å². The summed E-state index contributed by atoms with van der Waals surface area (Å²) >= 11 is 0. The highest BCUT2D eigenvalue weighted by Crippen LogP contribution is 2.13. The van der Waals surface area contributed by atoms with Gasteiger partial charge in [-0.2, -0.15) is 0 Å². The minimum Gasteiger partial charge on any atom is -0.748 e. The first-order valence-electron chi connectivity index (χ1n) is 4.06. The first-order valence-corrected chi connectivity index (χ1v) is 5.53. The van der Waals surface area contributed by atoms with Gasteiger partial charge in [-0.25, -0.2) is 8.42 Å². The molecule has 0 aromatic heterocycles. The van der Waals surface area contributed by atoms with Gasteiger partial charge in [-0.3, -0.25) is 0 Å². The smallest absolute Gasteiger partial charge is 0.100 e. The van der Waals surface area contributed by atoms with E-state index in [-0.39, 0.29) is 6.42 Å². The lowest BCUT2D eigenvalue weighted by molar-refractivity contribution is 0.151. The quantitative estimate of drug-likeness (QED) is 0.647. The molecule has 0 aliphatic carbocycles. The molecular weight excluding hydrogens is 180 g/mol. The summed E-state index contributed by atoms with van der Waals surface area (Å²) in [5, 5.41) is 8.12. The van der Waals surface area contributed by atoms with Gasteiger partial charge in [0, 0.05) is 0 Å². The van der Waals surface area contributed by atoms with Crippen LogP contribution in [-0.2, 0) is 10.1 Å². The van der Waals surface area contributed by atoms with E-state index in [0.29, 0.717) is 12.8 Å². The van der Waals surface area contributed by atoms with Gasteiger partial charge in [0.1, 0.15) is 10.1 Å². The Kier molecular flexibility index (Phi) is 4.74. The van der Waals surface area contributed by atoms with E-state index in [0.717, 1.165) is 0 Å². The number of hydrogen-bond donors (Lipinski definition) is 1. The van der Waals surface area contributed by atoms with Crippen molar-refractivity contribution in [3.8, 4) is 0 Å². The Balaban J connectivity index is 4.35. The molecule has 12 heavy (non-hydrogen) atoms. The van der Waals surface area contributed by atoms with Crippen molar-refractivity contribution in [1.29, 1.82) is 0 Å². The van der Waals surface area contributed by atoms with Crippen molar-refractivity contribution in [3.05, 3.63) is 0 Å². The summed E-state index contributed by atoms with van der Waals surface area (Å²) in [6, 6.07) is 0. The molecule has 0 aliphatic heterocycles. The van der Waals surface area contributed by atoms with E-state index in [2.05, 4.69) is 0 Å². The molecule has 2 atom stereocenters. The zero-order valence-corrected chi connectivity index (χ0v) is 8.17. The van der Waals surface area contributed by atoms with Crippen molar-refractivity contribution in [3.63, 3.8) is 0 Å². The highest BCUT2D eigenvalue weighted by molar-refractivity contribution is 7.86. The van der Waals surface area contributed by atoms with Crippen molar-refractivity contribution >= 4 is 10.1 Å². The number of rotatable bonds is 5. The monoisotopic (exact) mass is 195 g/mol. The predicted molar refractivity (Wildman–Crippen MR) is 44.7 cm³/mol. The second-order valence-corrected chi connectivity index (χ2v) is 4.39. The van der Waals surface area contributed by atoms with Crippen molar-refractivity contribution in [2.75, 3.05) is 0 Å². The molecular formula is C7H15O4S-. The van der Waals surface area contributed by atoms with Crippen LogP contribution in [0.15, 0.2) is 0 Å². The van der Waals surface area contributed by atoms with E-state index >= 15 is 0 Å². The Bertz CT molecular complexity index is 209. The molecule has 0 amide bonds. The Labute approximate surface area is 73.4 Å². The third-order valence-electron chi connectivity index (χ3n) is 1.79. The molecule has 1 N–H and O–H groups in total. The highest BCUT2D eigenvalue weighted by atomic mass is 32.2. The zero-order valence-electron chi connectivity index (χ0n) is 7.36. The molecule has 74 valence electrons. The average molecular weight is 195 g/mol. The molecule has 0 saturated carbocycles. The summed E-state index contributed by atoms with van der Waals surface area (Å²) < 4.78 is 31.7. The average Bonchev–Trinajstić information content (AvgIpc) is 1.85. The van der Waals surface area contributed by atoms with Crippen molar-refractivity contribution < 1.29 is 18.1 Å². The minimum absolute atomic E-state index is 0.174. The minimum atomic E-state index is -4.34. The Hall–Kier alpha value is -0.130. The van der Waals surface area contributed by atoms with E-state index in [1.54, 1.807) is 6.92 Å². The maximum atomic E-state index is 10.6. The first-order chi connectivity index (χ1) is 5.43. The fraction of sp³-hybridized carbons (Fsp3) is 1.00. The molecule has 0 rings (SSSR count). The molecule has 0 heterocycles. The molecule has 5 heteroatoms. The van der Waals surface area contributed by atoms with Crippen molar-refractivity contribution in [2.24, 2.45) is 0 Å². The lowest BCUT2D eigenvalue weighted by atomic mass is 10.1. The van der Waals surface area contributed by atoms with Crippen molar-refractivity contribution in [1.82, 2.24) is 0 Å². The second kappa shape index (κ2) is 4.79. The summed E-state index contributed by atoms with van der Waals surface area (Å²) in [5.41, 5.74) is 0. The van der Waals surface area contributed by atoms with E-state index < -0.39 is 21.5 Å².